The van der Waals surface area contributed by atoms with E-state index < -0.39 is 5.56 Å². The average molecular weight is 313 g/mol. The van der Waals surface area contributed by atoms with Crippen LogP contribution in [-0.2, 0) is 0 Å². The van der Waals surface area contributed by atoms with Crippen LogP contribution in [0.15, 0.2) is 47.3 Å². The summed E-state index contributed by atoms with van der Waals surface area (Å²) in [5.41, 5.74) is 0.498. The highest BCUT2D eigenvalue weighted by molar-refractivity contribution is 5.80. The Labute approximate surface area is 131 Å². The normalized spacial score (nSPS) is 10.5. The second kappa shape index (κ2) is 5.88. The summed E-state index contributed by atoms with van der Waals surface area (Å²) < 4.78 is 10.7. The lowest BCUT2D eigenvalue weighted by molar-refractivity contribution is 0.180. The molecule has 0 saturated carbocycles. The fourth-order valence-electron chi connectivity index (χ4n) is 2.19. The van der Waals surface area contributed by atoms with Crippen LogP contribution < -0.4 is 20.3 Å². The fraction of sp³-hybridized carbons (Fsp3) is 0.125. The number of ether oxygens (including phenoxy) is 2. The highest BCUT2D eigenvalue weighted by Crippen LogP contribution is 2.22. The Hall–Kier alpha value is -3.22. The molecule has 0 atom stereocenters. The number of anilines is 2. The van der Waals surface area contributed by atoms with Gasteiger partial charge in [0, 0.05) is 11.8 Å². The maximum absolute atomic E-state index is 12.3. The number of fused-ring (bicyclic) bond motifs is 1. The van der Waals surface area contributed by atoms with Gasteiger partial charge in [-0.05, 0) is 30.3 Å². The maximum atomic E-state index is 12.3. The molecule has 7 heteroatoms. The molecule has 3 aromatic rings. The molecule has 0 fully saturated rings. The predicted octanol–water partition coefficient (Wildman–Crippen LogP) is 2.39. The van der Waals surface area contributed by atoms with E-state index in [9.17, 15) is 10.0 Å². The van der Waals surface area contributed by atoms with E-state index in [-0.39, 0.29) is 11.3 Å². The van der Waals surface area contributed by atoms with Crippen molar-refractivity contribution in [2.45, 2.75) is 0 Å². The second-order valence-corrected chi connectivity index (χ2v) is 4.79. The van der Waals surface area contributed by atoms with Crippen LogP contribution >= 0.6 is 0 Å². The van der Waals surface area contributed by atoms with Crippen LogP contribution in [0.1, 0.15) is 0 Å². The highest BCUT2D eigenvalue weighted by Gasteiger charge is 2.11. The van der Waals surface area contributed by atoms with Gasteiger partial charge in [0.1, 0.15) is 11.5 Å². The molecule has 23 heavy (non-hydrogen) atoms. The Bertz CT molecular complexity index is 921. The van der Waals surface area contributed by atoms with Crippen molar-refractivity contribution in [3.8, 4) is 11.5 Å². The molecule has 3 rings (SSSR count). The molecule has 1 aromatic heterocycles. The Morgan fingerprint density at radius 1 is 1.09 bits per heavy atom. The minimum absolute atomic E-state index is 0.0147. The van der Waals surface area contributed by atoms with Gasteiger partial charge in [-0.15, -0.1) is 4.73 Å². The predicted molar refractivity (Wildman–Crippen MR) is 86.0 cm³/mol. The van der Waals surface area contributed by atoms with E-state index in [1.165, 1.54) is 13.2 Å². The van der Waals surface area contributed by atoms with Crippen LogP contribution in [0.25, 0.3) is 10.9 Å². The van der Waals surface area contributed by atoms with Gasteiger partial charge in [-0.1, -0.05) is 6.07 Å². The summed E-state index contributed by atoms with van der Waals surface area (Å²) in [5, 5.41) is 13.2. The number of aromatic nitrogens is 2. The highest BCUT2D eigenvalue weighted by atomic mass is 16.5. The third-order valence-electron chi connectivity index (χ3n) is 3.38. The molecule has 0 amide bonds. The van der Waals surface area contributed by atoms with Gasteiger partial charge in [-0.3, -0.25) is 4.79 Å². The van der Waals surface area contributed by atoms with Gasteiger partial charge in [0.15, 0.2) is 0 Å². The number of nitrogens with one attached hydrogen (secondary N) is 1. The number of benzene rings is 2. The van der Waals surface area contributed by atoms with Crippen molar-refractivity contribution >= 4 is 22.5 Å². The zero-order valence-corrected chi connectivity index (χ0v) is 12.6. The average Bonchev–Trinajstić information content (AvgIpc) is 2.59. The van der Waals surface area contributed by atoms with Gasteiger partial charge in [0.05, 0.1) is 25.1 Å². The molecule has 2 aromatic carbocycles. The van der Waals surface area contributed by atoms with E-state index in [4.69, 9.17) is 9.47 Å². The number of methoxy groups -OCH3 is 2. The van der Waals surface area contributed by atoms with Crippen LogP contribution in [0.2, 0.25) is 0 Å². The standard InChI is InChI=1S/C16H15N3O4/c1-22-11-5-3-4-10(8-11)17-16-18-14-7-6-12(23-2)9-13(14)15(20)19(16)21/h3-9,21H,1-2H3,(H,17,18). The number of hydrogen-bond acceptors (Lipinski definition) is 6. The quantitative estimate of drug-likeness (QED) is 0.719. The first-order valence-electron chi connectivity index (χ1n) is 6.83. The molecule has 0 saturated heterocycles. The van der Waals surface area contributed by atoms with Crippen molar-refractivity contribution < 1.29 is 14.7 Å². The largest absolute Gasteiger partial charge is 0.497 e. The molecule has 0 bridgehead atoms. The van der Waals surface area contributed by atoms with Crippen LogP contribution in [0, 0.1) is 0 Å². The minimum atomic E-state index is -0.584. The van der Waals surface area contributed by atoms with Crippen LogP contribution in [0.3, 0.4) is 0 Å². The van der Waals surface area contributed by atoms with Crippen LogP contribution in [0.4, 0.5) is 11.6 Å². The molecule has 7 nitrogen and oxygen atoms in total. The lowest BCUT2D eigenvalue weighted by Gasteiger charge is -2.11. The lowest BCUT2D eigenvalue weighted by atomic mass is 10.2. The molecule has 0 radical (unpaired) electrons. The SMILES string of the molecule is COc1cccc(Nc2nc3ccc(OC)cc3c(=O)n2O)c1. The first kappa shape index (κ1) is 14.7. The van der Waals surface area contributed by atoms with Crippen molar-refractivity contribution in [3.05, 3.63) is 52.8 Å². The van der Waals surface area contributed by atoms with Gasteiger partial charge in [-0.2, -0.15) is 0 Å². The smallest absolute Gasteiger partial charge is 0.295 e. The van der Waals surface area contributed by atoms with Crippen molar-refractivity contribution in [2.75, 3.05) is 19.5 Å². The summed E-state index contributed by atoms with van der Waals surface area (Å²) in [5.74, 6) is 1.18. The van der Waals surface area contributed by atoms with Gasteiger partial charge >= 0.3 is 0 Å². The zero-order valence-electron chi connectivity index (χ0n) is 12.6. The van der Waals surface area contributed by atoms with E-state index in [1.54, 1.807) is 43.5 Å². The third kappa shape index (κ3) is 2.76. The maximum Gasteiger partial charge on any atom is 0.295 e. The Balaban J connectivity index is 2.07. The van der Waals surface area contributed by atoms with E-state index in [1.807, 2.05) is 0 Å². The van der Waals surface area contributed by atoms with Gasteiger partial charge in [0.2, 0.25) is 5.95 Å². The fourth-order valence-corrected chi connectivity index (χ4v) is 2.19. The monoisotopic (exact) mass is 313 g/mol. The van der Waals surface area contributed by atoms with E-state index in [0.717, 1.165) is 0 Å². The minimum Gasteiger partial charge on any atom is -0.497 e. The summed E-state index contributed by atoms with van der Waals surface area (Å²) in [4.78, 5) is 16.6. The van der Waals surface area contributed by atoms with Crippen LogP contribution in [-0.4, -0.2) is 29.1 Å². The summed E-state index contributed by atoms with van der Waals surface area (Å²) in [7, 11) is 3.06. The molecular formula is C16H15N3O4. The number of nitrogens with zero attached hydrogens (tertiary/aromatic N) is 2. The van der Waals surface area contributed by atoms with Crippen molar-refractivity contribution in [1.82, 2.24) is 9.71 Å². The van der Waals surface area contributed by atoms with Gasteiger partial charge in [0.25, 0.3) is 5.56 Å². The molecule has 118 valence electrons. The zero-order chi connectivity index (χ0) is 16.4. The van der Waals surface area contributed by atoms with Crippen molar-refractivity contribution in [1.29, 1.82) is 0 Å². The molecule has 0 spiro atoms. The number of hydrogen-bond donors (Lipinski definition) is 2. The van der Waals surface area contributed by atoms with E-state index in [2.05, 4.69) is 10.3 Å². The second-order valence-electron chi connectivity index (χ2n) is 4.79. The Morgan fingerprint density at radius 2 is 1.83 bits per heavy atom. The summed E-state index contributed by atoms with van der Waals surface area (Å²) >= 11 is 0. The molecule has 0 unspecified atom stereocenters. The van der Waals surface area contributed by atoms with E-state index >= 15 is 0 Å². The third-order valence-corrected chi connectivity index (χ3v) is 3.38. The summed E-state index contributed by atoms with van der Waals surface area (Å²) in [6.07, 6.45) is 0. The molecule has 0 aliphatic carbocycles. The summed E-state index contributed by atoms with van der Waals surface area (Å²) in [6, 6.07) is 12.0. The van der Waals surface area contributed by atoms with Gasteiger partial charge in [-0.25, -0.2) is 4.98 Å². The van der Waals surface area contributed by atoms with Gasteiger partial charge < -0.3 is 20.0 Å². The Morgan fingerprint density at radius 3 is 2.57 bits per heavy atom. The lowest BCUT2D eigenvalue weighted by Crippen LogP contribution is -2.22. The molecule has 0 aliphatic heterocycles. The van der Waals surface area contributed by atoms with Crippen LogP contribution in [0.5, 0.6) is 11.5 Å². The molecule has 1 heterocycles. The number of rotatable bonds is 4. The van der Waals surface area contributed by atoms with Crippen molar-refractivity contribution in [2.24, 2.45) is 0 Å². The van der Waals surface area contributed by atoms with Crippen molar-refractivity contribution in [3.63, 3.8) is 0 Å². The Kier molecular flexibility index (Phi) is 3.76. The first-order valence-corrected chi connectivity index (χ1v) is 6.83. The van der Waals surface area contributed by atoms with E-state index in [0.29, 0.717) is 27.4 Å². The molecule has 0 aliphatic rings. The molecular weight excluding hydrogens is 298 g/mol. The summed E-state index contributed by atoms with van der Waals surface area (Å²) in [6.45, 7) is 0. The first-order chi connectivity index (χ1) is 11.1. The molecule has 2 N–H and O–H groups in total. The topological polar surface area (TPSA) is 85.6 Å².